The highest BCUT2D eigenvalue weighted by molar-refractivity contribution is 7.19. The Balaban J connectivity index is 1.35. The van der Waals surface area contributed by atoms with Gasteiger partial charge < -0.3 is 4.74 Å². The lowest BCUT2D eigenvalue weighted by molar-refractivity contribution is -0.136. The Morgan fingerprint density at radius 2 is 1.96 bits per heavy atom. The van der Waals surface area contributed by atoms with E-state index in [0.717, 1.165) is 34.5 Å². The summed E-state index contributed by atoms with van der Waals surface area (Å²) in [6.07, 6.45) is 6.16. The fourth-order valence-electron chi connectivity index (χ4n) is 3.11. The largest absolute Gasteiger partial charge is 0.454 e. The molecule has 0 aliphatic heterocycles. The number of aromatic nitrogens is 1. The van der Waals surface area contributed by atoms with E-state index in [1.165, 1.54) is 28.5 Å². The van der Waals surface area contributed by atoms with Crippen LogP contribution in [0.25, 0.3) is 16.3 Å². The topological polar surface area (TPSA) is 56.3 Å². The van der Waals surface area contributed by atoms with E-state index in [0.29, 0.717) is 5.56 Å². The van der Waals surface area contributed by atoms with E-state index in [-0.39, 0.29) is 12.4 Å². The summed E-state index contributed by atoms with van der Waals surface area (Å²) in [5.74, 6) is -0.722. The smallest absolute Gasteiger partial charge is 0.331 e. The fourth-order valence-corrected chi connectivity index (χ4v) is 3.98. The molecule has 130 valence electrons. The van der Waals surface area contributed by atoms with Crippen molar-refractivity contribution in [3.05, 3.63) is 70.2 Å². The van der Waals surface area contributed by atoms with Gasteiger partial charge in [0.1, 0.15) is 5.01 Å². The number of aryl methyl sites for hydroxylation is 2. The normalized spacial score (nSPS) is 13.2. The Labute approximate surface area is 155 Å². The van der Waals surface area contributed by atoms with E-state index in [1.807, 2.05) is 42.5 Å². The third kappa shape index (κ3) is 3.58. The van der Waals surface area contributed by atoms with Crippen LogP contribution in [0, 0.1) is 0 Å². The molecule has 2 aromatic carbocycles. The van der Waals surface area contributed by atoms with Crippen LogP contribution in [0.5, 0.6) is 0 Å². The molecular formula is C21H17NO3S. The van der Waals surface area contributed by atoms with Crippen molar-refractivity contribution < 1.29 is 14.3 Å². The van der Waals surface area contributed by atoms with Crippen LogP contribution in [0.1, 0.15) is 32.9 Å². The maximum atomic E-state index is 12.2. The predicted molar refractivity (Wildman–Crippen MR) is 102 cm³/mol. The lowest BCUT2D eigenvalue weighted by Gasteiger charge is -2.04. The first-order valence-corrected chi connectivity index (χ1v) is 9.36. The van der Waals surface area contributed by atoms with E-state index < -0.39 is 5.97 Å². The number of para-hydroxylation sites is 1. The van der Waals surface area contributed by atoms with Crippen LogP contribution in [0.3, 0.4) is 0 Å². The Morgan fingerprint density at radius 3 is 2.85 bits per heavy atom. The average Bonchev–Trinajstić information content (AvgIpc) is 3.29. The number of carbonyl (C=O) groups is 2. The highest BCUT2D eigenvalue weighted by Gasteiger charge is 2.14. The highest BCUT2D eigenvalue weighted by atomic mass is 32.1. The zero-order chi connectivity index (χ0) is 17.9. The summed E-state index contributed by atoms with van der Waals surface area (Å²) in [6.45, 7) is -0.248. The van der Waals surface area contributed by atoms with Gasteiger partial charge in [-0.15, -0.1) is 11.3 Å². The van der Waals surface area contributed by atoms with Crippen molar-refractivity contribution in [3.8, 4) is 0 Å². The number of carbonyl (C=O) groups excluding carboxylic acids is 2. The van der Waals surface area contributed by atoms with Gasteiger partial charge in [-0.25, -0.2) is 9.78 Å². The van der Waals surface area contributed by atoms with E-state index in [4.69, 9.17) is 4.74 Å². The molecule has 1 aliphatic carbocycles. The number of esters is 1. The number of benzene rings is 2. The summed E-state index contributed by atoms with van der Waals surface area (Å²) >= 11 is 1.50. The lowest BCUT2D eigenvalue weighted by atomic mass is 10.0. The Morgan fingerprint density at radius 1 is 1.12 bits per heavy atom. The molecule has 1 aliphatic rings. The van der Waals surface area contributed by atoms with Crippen LogP contribution in [0.15, 0.2) is 48.5 Å². The van der Waals surface area contributed by atoms with Crippen LogP contribution in [0.4, 0.5) is 0 Å². The number of rotatable bonds is 5. The zero-order valence-corrected chi connectivity index (χ0v) is 14.9. The SMILES string of the molecule is O=C(/C=C/c1nc2ccccc2s1)OCC(=O)c1ccc2c(c1)CCC2. The van der Waals surface area contributed by atoms with Crippen molar-refractivity contribution in [2.75, 3.05) is 6.61 Å². The molecule has 0 saturated carbocycles. The first-order chi connectivity index (χ1) is 12.7. The van der Waals surface area contributed by atoms with Gasteiger partial charge in [0.2, 0.25) is 0 Å². The molecule has 0 unspecified atom stereocenters. The number of nitrogens with zero attached hydrogens (tertiary/aromatic N) is 1. The van der Waals surface area contributed by atoms with Gasteiger partial charge in [-0.2, -0.15) is 0 Å². The molecule has 4 rings (SSSR count). The Kier molecular flexibility index (Phi) is 4.63. The minimum atomic E-state index is -0.543. The van der Waals surface area contributed by atoms with Gasteiger partial charge >= 0.3 is 5.97 Å². The maximum Gasteiger partial charge on any atom is 0.331 e. The molecule has 1 heterocycles. The second-order valence-corrected chi connectivity index (χ2v) is 7.28. The molecule has 0 spiro atoms. The van der Waals surface area contributed by atoms with Crippen LogP contribution < -0.4 is 0 Å². The Hall–Kier alpha value is -2.79. The number of ketones is 1. The third-order valence-corrected chi connectivity index (χ3v) is 5.44. The lowest BCUT2D eigenvalue weighted by Crippen LogP contribution is -2.12. The predicted octanol–water partition coefficient (Wildman–Crippen LogP) is 4.22. The monoisotopic (exact) mass is 363 g/mol. The molecule has 0 amide bonds. The summed E-state index contributed by atoms with van der Waals surface area (Å²) in [6, 6.07) is 13.5. The van der Waals surface area contributed by atoms with Crippen molar-refractivity contribution >= 4 is 39.4 Å². The molecule has 0 N–H and O–H groups in total. The molecule has 1 aromatic heterocycles. The summed E-state index contributed by atoms with van der Waals surface area (Å²) in [7, 11) is 0. The van der Waals surface area contributed by atoms with Gasteiger partial charge in [-0.05, 0) is 54.7 Å². The van der Waals surface area contributed by atoms with E-state index in [1.54, 1.807) is 6.08 Å². The molecule has 0 bridgehead atoms. The maximum absolute atomic E-state index is 12.2. The second-order valence-electron chi connectivity index (χ2n) is 6.22. The molecule has 0 radical (unpaired) electrons. The number of hydrogen-bond acceptors (Lipinski definition) is 5. The molecular weight excluding hydrogens is 346 g/mol. The minimum Gasteiger partial charge on any atom is -0.454 e. The van der Waals surface area contributed by atoms with E-state index in [2.05, 4.69) is 4.98 Å². The molecule has 0 saturated heterocycles. The van der Waals surface area contributed by atoms with Crippen molar-refractivity contribution in [2.45, 2.75) is 19.3 Å². The zero-order valence-electron chi connectivity index (χ0n) is 14.1. The molecule has 26 heavy (non-hydrogen) atoms. The highest BCUT2D eigenvalue weighted by Crippen LogP contribution is 2.23. The molecule has 0 atom stereocenters. The van der Waals surface area contributed by atoms with Gasteiger partial charge in [0.05, 0.1) is 10.2 Å². The standard InChI is InChI=1S/C21H17NO3S/c23-18(16-9-8-14-4-3-5-15(14)12-16)13-25-21(24)11-10-20-22-17-6-1-2-7-19(17)26-20/h1-2,6-12H,3-5,13H2/b11-10+. The number of Topliss-reactive ketones (excluding diaryl/α,β-unsaturated/α-hetero) is 1. The third-order valence-electron chi connectivity index (χ3n) is 4.44. The van der Waals surface area contributed by atoms with Gasteiger partial charge in [0.25, 0.3) is 0 Å². The number of ether oxygens (including phenoxy) is 1. The van der Waals surface area contributed by atoms with E-state index >= 15 is 0 Å². The van der Waals surface area contributed by atoms with E-state index in [9.17, 15) is 9.59 Å². The quantitative estimate of drug-likeness (QED) is 0.387. The number of fused-ring (bicyclic) bond motifs is 2. The van der Waals surface area contributed by atoms with Crippen LogP contribution >= 0.6 is 11.3 Å². The average molecular weight is 363 g/mol. The van der Waals surface area contributed by atoms with Gasteiger partial charge in [0.15, 0.2) is 12.4 Å². The molecule has 0 fully saturated rings. The van der Waals surface area contributed by atoms with Gasteiger partial charge in [0, 0.05) is 11.6 Å². The number of thiazole rings is 1. The number of hydrogen-bond donors (Lipinski definition) is 0. The van der Waals surface area contributed by atoms with Crippen LogP contribution in [0.2, 0.25) is 0 Å². The van der Waals surface area contributed by atoms with Crippen LogP contribution in [-0.2, 0) is 22.4 Å². The molecule has 5 heteroatoms. The molecule has 4 nitrogen and oxygen atoms in total. The second kappa shape index (κ2) is 7.22. The van der Waals surface area contributed by atoms with Crippen molar-refractivity contribution in [2.24, 2.45) is 0 Å². The van der Waals surface area contributed by atoms with Crippen LogP contribution in [-0.4, -0.2) is 23.3 Å². The van der Waals surface area contributed by atoms with Gasteiger partial charge in [-0.1, -0.05) is 24.3 Å². The van der Waals surface area contributed by atoms with Gasteiger partial charge in [-0.3, -0.25) is 4.79 Å². The summed E-state index contributed by atoms with van der Waals surface area (Å²) in [4.78, 5) is 28.5. The minimum absolute atomic E-state index is 0.179. The molecule has 3 aromatic rings. The fraction of sp³-hybridized carbons (Fsp3) is 0.190. The Bertz CT molecular complexity index is 986. The summed E-state index contributed by atoms with van der Waals surface area (Å²) < 4.78 is 6.14. The van der Waals surface area contributed by atoms with Crippen molar-refractivity contribution in [1.29, 1.82) is 0 Å². The first kappa shape index (κ1) is 16.7. The summed E-state index contributed by atoms with van der Waals surface area (Å²) in [5.41, 5.74) is 4.06. The van der Waals surface area contributed by atoms with Crippen molar-refractivity contribution in [3.63, 3.8) is 0 Å². The first-order valence-electron chi connectivity index (χ1n) is 8.54. The van der Waals surface area contributed by atoms with Crippen molar-refractivity contribution in [1.82, 2.24) is 4.98 Å². The summed E-state index contributed by atoms with van der Waals surface area (Å²) in [5, 5.41) is 0.730.